The maximum absolute atomic E-state index is 12.4. The second-order valence-electron chi connectivity index (χ2n) is 5.11. The number of nitrogens with zero attached hydrogens (tertiary/aromatic N) is 1. The van der Waals surface area contributed by atoms with Crippen molar-refractivity contribution in [3.8, 4) is 11.5 Å². The molecule has 20 heavy (non-hydrogen) atoms. The number of benzene rings is 1. The molecule has 0 spiro atoms. The molecule has 2 heterocycles. The molecule has 1 aromatic carbocycles. The molecule has 0 bridgehead atoms. The predicted octanol–water partition coefficient (Wildman–Crippen LogP) is 1.56. The molecule has 1 atom stereocenters. The standard InChI is InChI=1S/C15H20N2O3/c1-2-6-16-12-5-7-17(15(12)18)11-3-4-13-14(10-11)20-9-8-19-13/h3-4,10,12,16H,2,5-9H2,1H3. The van der Waals surface area contributed by atoms with Gasteiger partial charge in [-0.25, -0.2) is 0 Å². The Kier molecular flexibility index (Phi) is 3.78. The number of carbonyl (C=O) groups is 1. The predicted molar refractivity (Wildman–Crippen MR) is 76.5 cm³/mol. The first-order valence-electron chi connectivity index (χ1n) is 7.24. The van der Waals surface area contributed by atoms with E-state index in [0.29, 0.717) is 13.2 Å². The van der Waals surface area contributed by atoms with E-state index >= 15 is 0 Å². The van der Waals surface area contributed by atoms with Crippen LogP contribution in [0, 0.1) is 0 Å². The van der Waals surface area contributed by atoms with Crippen LogP contribution in [0.1, 0.15) is 19.8 Å². The van der Waals surface area contributed by atoms with Gasteiger partial charge in [0.1, 0.15) is 13.2 Å². The molecule has 5 nitrogen and oxygen atoms in total. The summed E-state index contributed by atoms with van der Waals surface area (Å²) in [6.45, 7) is 4.87. The summed E-state index contributed by atoms with van der Waals surface area (Å²) in [5.74, 6) is 1.63. The number of nitrogens with one attached hydrogen (secondary N) is 1. The molecule has 2 aliphatic heterocycles. The molecule has 2 aliphatic rings. The van der Waals surface area contributed by atoms with Crippen molar-refractivity contribution < 1.29 is 14.3 Å². The maximum atomic E-state index is 12.4. The van der Waals surface area contributed by atoms with E-state index in [0.717, 1.165) is 43.1 Å². The smallest absolute Gasteiger partial charge is 0.244 e. The SMILES string of the molecule is CCCNC1CCN(c2ccc3c(c2)OCCO3)C1=O. The summed E-state index contributed by atoms with van der Waals surface area (Å²) in [4.78, 5) is 14.2. The van der Waals surface area contributed by atoms with Crippen LogP contribution in [-0.4, -0.2) is 38.3 Å². The van der Waals surface area contributed by atoms with Gasteiger partial charge in [-0.2, -0.15) is 0 Å². The second kappa shape index (κ2) is 5.71. The lowest BCUT2D eigenvalue weighted by Gasteiger charge is -2.22. The third-order valence-electron chi connectivity index (χ3n) is 3.68. The normalized spacial score (nSPS) is 21.4. The summed E-state index contributed by atoms with van der Waals surface area (Å²) >= 11 is 0. The van der Waals surface area contributed by atoms with Gasteiger partial charge in [0.2, 0.25) is 5.91 Å². The summed E-state index contributed by atoms with van der Waals surface area (Å²) in [6.07, 6.45) is 1.89. The fourth-order valence-electron chi connectivity index (χ4n) is 2.64. The number of hydrogen-bond donors (Lipinski definition) is 1. The van der Waals surface area contributed by atoms with Gasteiger partial charge in [0, 0.05) is 18.3 Å². The number of amides is 1. The third-order valence-corrected chi connectivity index (χ3v) is 3.68. The molecule has 0 saturated carbocycles. The van der Waals surface area contributed by atoms with E-state index in [1.165, 1.54) is 0 Å². The topological polar surface area (TPSA) is 50.8 Å². The highest BCUT2D eigenvalue weighted by atomic mass is 16.6. The van der Waals surface area contributed by atoms with E-state index in [4.69, 9.17) is 9.47 Å². The molecule has 108 valence electrons. The van der Waals surface area contributed by atoms with Crippen LogP contribution in [0.15, 0.2) is 18.2 Å². The Morgan fingerprint density at radius 1 is 1.30 bits per heavy atom. The zero-order valence-corrected chi connectivity index (χ0v) is 11.7. The zero-order chi connectivity index (χ0) is 13.9. The number of rotatable bonds is 4. The molecule has 1 saturated heterocycles. The Morgan fingerprint density at radius 3 is 2.90 bits per heavy atom. The van der Waals surface area contributed by atoms with E-state index in [1.54, 1.807) is 0 Å². The van der Waals surface area contributed by atoms with Crippen molar-refractivity contribution in [2.45, 2.75) is 25.8 Å². The molecule has 1 N–H and O–H groups in total. The summed E-state index contributed by atoms with van der Waals surface area (Å²) in [5.41, 5.74) is 0.889. The Labute approximate surface area is 118 Å². The lowest BCUT2D eigenvalue weighted by Crippen LogP contribution is -2.38. The summed E-state index contributed by atoms with van der Waals surface area (Å²) < 4.78 is 11.1. The average Bonchev–Trinajstić information content (AvgIpc) is 2.85. The molecule has 1 aromatic rings. The third kappa shape index (κ3) is 2.45. The Hall–Kier alpha value is -1.75. The zero-order valence-electron chi connectivity index (χ0n) is 11.7. The highest BCUT2D eigenvalue weighted by Gasteiger charge is 2.32. The van der Waals surface area contributed by atoms with Crippen LogP contribution in [-0.2, 0) is 4.79 Å². The summed E-state index contributed by atoms with van der Waals surface area (Å²) in [6, 6.07) is 5.65. The van der Waals surface area contributed by atoms with Gasteiger partial charge in [-0.05, 0) is 31.5 Å². The highest BCUT2D eigenvalue weighted by molar-refractivity contribution is 5.99. The van der Waals surface area contributed by atoms with Gasteiger partial charge in [-0.1, -0.05) is 6.92 Å². The van der Waals surface area contributed by atoms with Crippen molar-refractivity contribution in [3.05, 3.63) is 18.2 Å². The number of ether oxygens (including phenoxy) is 2. The first-order valence-corrected chi connectivity index (χ1v) is 7.24. The van der Waals surface area contributed by atoms with Crippen molar-refractivity contribution >= 4 is 11.6 Å². The maximum Gasteiger partial charge on any atom is 0.244 e. The van der Waals surface area contributed by atoms with Gasteiger partial charge in [-0.15, -0.1) is 0 Å². The lowest BCUT2D eigenvalue weighted by molar-refractivity contribution is -0.118. The van der Waals surface area contributed by atoms with Crippen LogP contribution in [0.3, 0.4) is 0 Å². The van der Waals surface area contributed by atoms with E-state index in [9.17, 15) is 4.79 Å². The molecule has 0 radical (unpaired) electrons. The van der Waals surface area contributed by atoms with E-state index in [-0.39, 0.29) is 11.9 Å². The fraction of sp³-hybridized carbons (Fsp3) is 0.533. The monoisotopic (exact) mass is 276 g/mol. The number of fused-ring (bicyclic) bond motifs is 1. The molecule has 0 aromatic heterocycles. The fourth-order valence-corrected chi connectivity index (χ4v) is 2.64. The second-order valence-corrected chi connectivity index (χ2v) is 5.11. The minimum absolute atomic E-state index is 0.0526. The molecule has 3 rings (SSSR count). The Bertz CT molecular complexity index is 504. The van der Waals surface area contributed by atoms with Crippen molar-refractivity contribution in [1.82, 2.24) is 5.32 Å². The molecule has 1 amide bonds. The molecule has 1 fully saturated rings. The first kappa shape index (κ1) is 13.2. The van der Waals surface area contributed by atoms with Gasteiger partial charge in [-0.3, -0.25) is 4.79 Å². The van der Waals surface area contributed by atoms with Crippen LogP contribution in [0.2, 0.25) is 0 Å². The number of anilines is 1. The molecule has 1 unspecified atom stereocenters. The lowest BCUT2D eigenvalue weighted by atomic mass is 10.2. The van der Waals surface area contributed by atoms with Crippen LogP contribution in [0.4, 0.5) is 5.69 Å². The molecule has 0 aliphatic carbocycles. The van der Waals surface area contributed by atoms with Gasteiger partial charge in [0.05, 0.1) is 6.04 Å². The number of carbonyl (C=O) groups excluding carboxylic acids is 1. The van der Waals surface area contributed by atoms with Crippen molar-refractivity contribution in [2.75, 3.05) is 31.2 Å². The van der Waals surface area contributed by atoms with Crippen LogP contribution >= 0.6 is 0 Å². The summed E-state index contributed by atoms with van der Waals surface area (Å²) in [5, 5.41) is 3.30. The van der Waals surface area contributed by atoms with Gasteiger partial charge in [0.25, 0.3) is 0 Å². The minimum Gasteiger partial charge on any atom is -0.486 e. The Morgan fingerprint density at radius 2 is 2.10 bits per heavy atom. The van der Waals surface area contributed by atoms with Crippen molar-refractivity contribution in [1.29, 1.82) is 0 Å². The summed E-state index contributed by atoms with van der Waals surface area (Å²) in [7, 11) is 0. The first-order chi connectivity index (χ1) is 9.79. The van der Waals surface area contributed by atoms with Crippen molar-refractivity contribution in [2.24, 2.45) is 0 Å². The quantitative estimate of drug-likeness (QED) is 0.907. The Balaban J connectivity index is 1.75. The van der Waals surface area contributed by atoms with E-state index in [1.807, 2.05) is 23.1 Å². The molecular weight excluding hydrogens is 256 g/mol. The van der Waals surface area contributed by atoms with Gasteiger partial charge < -0.3 is 19.7 Å². The van der Waals surface area contributed by atoms with Crippen molar-refractivity contribution in [3.63, 3.8) is 0 Å². The highest BCUT2D eigenvalue weighted by Crippen LogP contribution is 2.35. The van der Waals surface area contributed by atoms with E-state index < -0.39 is 0 Å². The minimum atomic E-state index is -0.0526. The van der Waals surface area contributed by atoms with Gasteiger partial charge in [0.15, 0.2) is 11.5 Å². The molecular formula is C15H20N2O3. The van der Waals surface area contributed by atoms with Crippen LogP contribution < -0.4 is 19.7 Å². The van der Waals surface area contributed by atoms with Gasteiger partial charge >= 0.3 is 0 Å². The van der Waals surface area contributed by atoms with Crippen LogP contribution in [0.25, 0.3) is 0 Å². The largest absolute Gasteiger partial charge is 0.486 e. The number of hydrogen-bond acceptors (Lipinski definition) is 4. The van der Waals surface area contributed by atoms with E-state index in [2.05, 4.69) is 12.2 Å². The average molecular weight is 276 g/mol. The molecule has 5 heteroatoms. The van der Waals surface area contributed by atoms with Crippen LogP contribution in [0.5, 0.6) is 11.5 Å².